The van der Waals surface area contributed by atoms with Crippen molar-refractivity contribution in [3.63, 3.8) is 0 Å². The standard InChI is InChI=1S/C11H13IN2/c1-5-9-10(13-6-2)7(3)8(4)11(12)14-9/h5-6H,1H2,2-4H3/b13-6-. The first kappa shape index (κ1) is 11.4. The Labute approximate surface area is 98.3 Å². The molecule has 0 bridgehead atoms. The van der Waals surface area contributed by atoms with Gasteiger partial charge in [-0.15, -0.1) is 0 Å². The van der Waals surface area contributed by atoms with E-state index in [9.17, 15) is 0 Å². The van der Waals surface area contributed by atoms with Crippen molar-refractivity contribution in [3.8, 4) is 0 Å². The predicted octanol–water partition coefficient (Wildman–Crippen LogP) is 3.67. The molecule has 3 heteroatoms. The Morgan fingerprint density at radius 1 is 1.36 bits per heavy atom. The van der Waals surface area contributed by atoms with Crippen LogP contribution in [0.4, 0.5) is 5.69 Å². The van der Waals surface area contributed by atoms with E-state index in [0.29, 0.717) is 0 Å². The number of hydrogen-bond acceptors (Lipinski definition) is 2. The molecule has 74 valence electrons. The lowest BCUT2D eigenvalue weighted by molar-refractivity contribution is 1.14. The predicted molar refractivity (Wildman–Crippen MR) is 70.3 cm³/mol. The lowest BCUT2D eigenvalue weighted by Gasteiger charge is -2.09. The van der Waals surface area contributed by atoms with Crippen LogP contribution in [0.2, 0.25) is 0 Å². The summed E-state index contributed by atoms with van der Waals surface area (Å²) >= 11 is 2.23. The zero-order valence-corrected chi connectivity index (χ0v) is 10.8. The van der Waals surface area contributed by atoms with Crippen molar-refractivity contribution in [1.29, 1.82) is 0 Å². The molecule has 1 rings (SSSR count). The molecule has 1 heterocycles. The van der Waals surface area contributed by atoms with Crippen molar-refractivity contribution >= 4 is 40.6 Å². The molecule has 0 radical (unpaired) electrons. The first-order valence-electron chi connectivity index (χ1n) is 4.39. The van der Waals surface area contributed by atoms with Crippen LogP contribution in [0.5, 0.6) is 0 Å². The van der Waals surface area contributed by atoms with E-state index in [-0.39, 0.29) is 0 Å². The Bertz CT molecular complexity index is 395. The number of halogens is 1. The van der Waals surface area contributed by atoms with Gasteiger partial charge in [-0.25, -0.2) is 4.98 Å². The van der Waals surface area contributed by atoms with Gasteiger partial charge < -0.3 is 0 Å². The molecule has 2 nitrogen and oxygen atoms in total. The summed E-state index contributed by atoms with van der Waals surface area (Å²) in [6, 6.07) is 0. The molecule has 0 atom stereocenters. The first-order chi connectivity index (χ1) is 6.61. The van der Waals surface area contributed by atoms with Gasteiger partial charge in [0.15, 0.2) is 0 Å². The van der Waals surface area contributed by atoms with E-state index in [0.717, 1.165) is 15.1 Å². The van der Waals surface area contributed by atoms with Crippen LogP contribution < -0.4 is 0 Å². The average molecular weight is 300 g/mol. The molecular formula is C11H13IN2. The second-order valence-corrected chi connectivity index (χ2v) is 4.00. The SMILES string of the molecule is C=Cc1nc(I)c(C)c(C)c1/N=C\C. The average Bonchev–Trinajstić information content (AvgIpc) is 2.19. The summed E-state index contributed by atoms with van der Waals surface area (Å²) in [7, 11) is 0. The number of pyridine rings is 1. The minimum atomic E-state index is 0.857. The van der Waals surface area contributed by atoms with Crippen LogP contribution in [0.1, 0.15) is 23.7 Å². The Kier molecular flexibility index (Phi) is 3.80. The third-order valence-electron chi connectivity index (χ3n) is 2.14. The maximum atomic E-state index is 4.43. The van der Waals surface area contributed by atoms with E-state index in [4.69, 9.17) is 0 Å². The molecule has 0 aromatic carbocycles. The van der Waals surface area contributed by atoms with Crippen LogP contribution in [0.3, 0.4) is 0 Å². The topological polar surface area (TPSA) is 25.2 Å². The van der Waals surface area contributed by atoms with E-state index in [1.807, 2.05) is 6.92 Å². The third kappa shape index (κ3) is 2.03. The fourth-order valence-electron chi connectivity index (χ4n) is 1.20. The van der Waals surface area contributed by atoms with Crippen molar-refractivity contribution in [3.05, 3.63) is 27.1 Å². The zero-order valence-electron chi connectivity index (χ0n) is 8.63. The largest absolute Gasteiger partial charge is 0.259 e. The molecule has 0 saturated heterocycles. The monoisotopic (exact) mass is 300 g/mol. The summed E-state index contributed by atoms with van der Waals surface area (Å²) in [4.78, 5) is 8.74. The quantitative estimate of drug-likeness (QED) is 0.465. The van der Waals surface area contributed by atoms with Crippen molar-refractivity contribution in [1.82, 2.24) is 4.98 Å². The molecule has 1 aromatic rings. The molecule has 0 aliphatic rings. The molecule has 14 heavy (non-hydrogen) atoms. The highest BCUT2D eigenvalue weighted by atomic mass is 127. The minimum absolute atomic E-state index is 0.857. The number of rotatable bonds is 2. The molecule has 0 amide bonds. The summed E-state index contributed by atoms with van der Waals surface area (Å²) in [5.74, 6) is 0. The number of nitrogens with zero attached hydrogens (tertiary/aromatic N) is 2. The van der Waals surface area contributed by atoms with Gasteiger partial charge in [-0.1, -0.05) is 6.58 Å². The molecule has 0 unspecified atom stereocenters. The highest BCUT2D eigenvalue weighted by Crippen LogP contribution is 2.28. The van der Waals surface area contributed by atoms with Gasteiger partial charge in [0, 0.05) is 6.21 Å². The molecule has 0 aliphatic carbocycles. The van der Waals surface area contributed by atoms with Crippen molar-refractivity contribution < 1.29 is 0 Å². The first-order valence-corrected chi connectivity index (χ1v) is 5.47. The van der Waals surface area contributed by atoms with Crippen molar-refractivity contribution in [2.45, 2.75) is 20.8 Å². The molecule has 0 spiro atoms. The second-order valence-electron chi connectivity index (χ2n) is 2.98. The molecule has 0 saturated carbocycles. The summed E-state index contributed by atoms with van der Waals surface area (Å²) in [6.07, 6.45) is 3.53. The van der Waals surface area contributed by atoms with Crippen LogP contribution in [-0.2, 0) is 0 Å². The van der Waals surface area contributed by atoms with E-state index >= 15 is 0 Å². The Morgan fingerprint density at radius 2 is 2.00 bits per heavy atom. The van der Waals surface area contributed by atoms with Gasteiger partial charge in [0.1, 0.15) is 3.70 Å². The highest BCUT2D eigenvalue weighted by Gasteiger charge is 2.09. The summed E-state index contributed by atoms with van der Waals surface area (Å²) < 4.78 is 1.02. The fraction of sp³-hybridized carbons (Fsp3) is 0.273. The number of aliphatic imine (C=N–C) groups is 1. The maximum absolute atomic E-state index is 4.43. The van der Waals surface area contributed by atoms with E-state index < -0.39 is 0 Å². The Balaban J connectivity index is 3.52. The lowest BCUT2D eigenvalue weighted by Crippen LogP contribution is -1.95. The van der Waals surface area contributed by atoms with Crippen molar-refractivity contribution in [2.75, 3.05) is 0 Å². The highest BCUT2D eigenvalue weighted by molar-refractivity contribution is 14.1. The molecule has 0 aliphatic heterocycles. The third-order valence-corrected chi connectivity index (χ3v) is 3.19. The van der Waals surface area contributed by atoms with Gasteiger partial charge in [-0.05, 0) is 60.6 Å². The van der Waals surface area contributed by atoms with Gasteiger partial charge in [0.2, 0.25) is 0 Å². The summed E-state index contributed by atoms with van der Waals surface area (Å²) in [6.45, 7) is 9.77. The van der Waals surface area contributed by atoms with Crippen LogP contribution >= 0.6 is 22.6 Å². The van der Waals surface area contributed by atoms with Crippen LogP contribution in [0.15, 0.2) is 11.6 Å². The van der Waals surface area contributed by atoms with E-state index in [1.165, 1.54) is 11.1 Å². The normalized spacial score (nSPS) is 10.9. The van der Waals surface area contributed by atoms with Crippen molar-refractivity contribution in [2.24, 2.45) is 4.99 Å². The minimum Gasteiger partial charge on any atom is -0.259 e. The van der Waals surface area contributed by atoms with Gasteiger partial charge in [0.25, 0.3) is 0 Å². The molecule has 0 N–H and O–H groups in total. The van der Waals surface area contributed by atoms with Gasteiger partial charge >= 0.3 is 0 Å². The van der Waals surface area contributed by atoms with Gasteiger partial charge in [-0.3, -0.25) is 4.99 Å². The summed E-state index contributed by atoms with van der Waals surface area (Å²) in [5.41, 5.74) is 4.16. The summed E-state index contributed by atoms with van der Waals surface area (Å²) in [5, 5.41) is 0. The Hall–Kier alpha value is -0.710. The molecule has 1 aromatic heterocycles. The maximum Gasteiger partial charge on any atom is 0.105 e. The fourth-order valence-corrected chi connectivity index (χ4v) is 1.87. The zero-order chi connectivity index (χ0) is 10.7. The van der Waals surface area contributed by atoms with Crippen LogP contribution in [0, 0.1) is 17.5 Å². The smallest absolute Gasteiger partial charge is 0.105 e. The lowest BCUT2D eigenvalue weighted by atomic mass is 10.1. The van der Waals surface area contributed by atoms with Gasteiger partial charge in [0.05, 0.1) is 11.4 Å². The van der Waals surface area contributed by atoms with E-state index in [1.54, 1.807) is 12.3 Å². The number of aromatic nitrogens is 1. The van der Waals surface area contributed by atoms with Gasteiger partial charge in [-0.2, -0.15) is 0 Å². The van der Waals surface area contributed by atoms with Crippen LogP contribution in [-0.4, -0.2) is 11.2 Å². The molecular weight excluding hydrogens is 287 g/mol. The number of hydrogen-bond donors (Lipinski definition) is 0. The second kappa shape index (κ2) is 4.68. The van der Waals surface area contributed by atoms with E-state index in [2.05, 4.69) is 53.0 Å². The molecule has 0 fully saturated rings. The Morgan fingerprint density at radius 3 is 2.50 bits per heavy atom. The van der Waals surface area contributed by atoms with Crippen LogP contribution in [0.25, 0.3) is 6.08 Å².